The number of thiophene rings is 1. The van der Waals surface area contributed by atoms with Crippen LogP contribution in [0.2, 0.25) is 0 Å². The lowest BCUT2D eigenvalue weighted by Crippen LogP contribution is -2.17. The summed E-state index contributed by atoms with van der Waals surface area (Å²) in [5.41, 5.74) is 9.44. The fourth-order valence-electron chi connectivity index (χ4n) is 2.91. The standard InChI is InChI=1S/C16H16N2O2S2/c1-8(19)18-16-13(15(17)20)11-7-6-9-10(14(11)22-16)4-3-5-12(9)21-2/h3-5H,6-7H2,1-2H3,(H2,17,20)(H,18,19). The van der Waals surface area contributed by atoms with Gasteiger partial charge in [-0.05, 0) is 41.9 Å². The van der Waals surface area contributed by atoms with Gasteiger partial charge >= 0.3 is 0 Å². The first-order valence-electron chi connectivity index (χ1n) is 6.92. The van der Waals surface area contributed by atoms with Crippen LogP contribution in [0.5, 0.6) is 0 Å². The average Bonchev–Trinajstić information content (AvgIpc) is 2.83. The van der Waals surface area contributed by atoms with Crippen LogP contribution in [0.15, 0.2) is 23.1 Å². The molecule has 0 radical (unpaired) electrons. The number of hydrogen-bond acceptors (Lipinski definition) is 4. The summed E-state index contributed by atoms with van der Waals surface area (Å²) >= 11 is 3.17. The fraction of sp³-hybridized carbons (Fsp3) is 0.250. The van der Waals surface area contributed by atoms with E-state index < -0.39 is 5.91 Å². The smallest absolute Gasteiger partial charge is 0.252 e. The Hall–Kier alpha value is -1.79. The molecule has 0 saturated carbocycles. The Morgan fingerprint density at radius 1 is 1.27 bits per heavy atom. The van der Waals surface area contributed by atoms with Gasteiger partial charge in [0.2, 0.25) is 5.91 Å². The molecule has 1 aliphatic rings. The van der Waals surface area contributed by atoms with E-state index in [0.717, 1.165) is 28.8 Å². The van der Waals surface area contributed by atoms with E-state index in [0.29, 0.717) is 10.6 Å². The van der Waals surface area contributed by atoms with Crippen LogP contribution in [-0.4, -0.2) is 18.1 Å². The van der Waals surface area contributed by atoms with E-state index in [1.54, 1.807) is 11.8 Å². The minimum absolute atomic E-state index is 0.195. The van der Waals surface area contributed by atoms with Gasteiger partial charge in [-0.15, -0.1) is 23.1 Å². The van der Waals surface area contributed by atoms with Gasteiger partial charge in [0.15, 0.2) is 0 Å². The number of hydrogen-bond donors (Lipinski definition) is 2. The predicted octanol–water partition coefficient (Wildman–Crippen LogP) is 3.29. The Morgan fingerprint density at radius 3 is 2.64 bits per heavy atom. The highest BCUT2D eigenvalue weighted by molar-refractivity contribution is 7.98. The van der Waals surface area contributed by atoms with Gasteiger partial charge in [-0.3, -0.25) is 9.59 Å². The van der Waals surface area contributed by atoms with Crippen molar-refractivity contribution in [1.82, 2.24) is 0 Å². The Labute approximate surface area is 137 Å². The second kappa shape index (κ2) is 5.78. The zero-order valence-corrected chi connectivity index (χ0v) is 14.0. The van der Waals surface area contributed by atoms with Crippen molar-refractivity contribution in [3.05, 3.63) is 34.9 Å². The summed E-state index contributed by atoms with van der Waals surface area (Å²) in [6.07, 6.45) is 3.72. The molecule has 0 aliphatic heterocycles. The van der Waals surface area contributed by atoms with Crippen LogP contribution in [-0.2, 0) is 17.6 Å². The van der Waals surface area contributed by atoms with Crippen LogP contribution in [0.25, 0.3) is 10.4 Å². The van der Waals surface area contributed by atoms with E-state index in [1.165, 1.54) is 28.7 Å². The molecule has 1 aliphatic carbocycles. The lowest BCUT2D eigenvalue weighted by atomic mass is 9.89. The monoisotopic (exact) mass is 332 g/mol. The molecule has 0 saturated heterocycles. The maximum absolute atomic E-state index is 11.8. The van der Waals surface area contributed by atoms with Gasteiger partial charge < -0.3 is 11.1 Å². The lowest BCUT2D eigenvalue weighted by molar-refractivity contribution is -0.114. The molecule has 0 atom stereocenters. The largest absolute Gasteiger partial charge is 0.365 e. The molecule has 4 nitrogen and oxygen atoms in total. The van der Waals surface area contributed by atoms with Gasteiger partial charge in [-0.2, -0.15) is 0 Å². The van der Waals surface area contributed by atoms with Crippen molar-refractivity contribution in [3.63, 3.8) is 0 Å². The first-order valence-corrected chi connectivity index (χ1v) is 8.96. The summed E-state index contributed by atoms with van der Waals surface area (Å²) in [4.78, 5) is 25.5. The molecule has 2 aromatic rings. The van der Waals surface area contributed by atoms with Crippen LogP contribution in [0.4, 0.5) is 5.00 Å². The van der Waals surface area contributed by atoms with Crippen LogP contribution in [0.1, 0.15) is 28.4 Å². The van der Waals surface area contributed by atoms with Gasteiger partial charge in [0.1, 0.15) is 5.00 Å². The number of carbonyl (C=O) groups excluding carboxylic acids is 2. The molecule has 22 heavy (non-hydrogen) atoms. The molecule has 3 N–H and O–H groups in total. The molecular weight excluding hydrogens is 316 g/mol. The van der Waals surface area contributed by atoms with Crippen LogP contribution in [0.3, 0.4) is 0 Å². The molecule has 0 fully saturated rings. The third kappa shape index (κ3) is 2.42. The first kappa shape index (κ1) is 15.1. The Bertz CT molecular complexity index is 781. The van der Waals surface area contributed by atoms with Crippen LogP contribution in [0, 0.1) is 0 Å². The number of benzene rings is 1. The number of nitrogens with two attached hydrogens (primary N) is 1. The zero-order chi connectivity index (χ0) is 15.9. The van der Waals surface area contributed by atoms with Gasteiger partial charge in [0.05, 0.1) is 5.56 Å². The normalized spacial score (nSPS) is 12.5. The minimum atomic E-state index is -0.481. The maximum atomic E-state index is 11.8. The molecule has 3 rings (SSSR count). The lowest BCUT2D eigenvalue weighted by Gasteiger charge is -2.19. The first-order chi connectivity index (χ1) is 10.5. The van der Waals surface area contributed by atoms with Crippen molar-refractivity contribution in [3.8, 4) is 10.4 Å². The van der Waals surface area contributed by atoms with Gasteiger partial charge in [0.25, 0.3) is 5.91 Å². The molecule has 0 unspecified atom stereocenters. The highest BCUT2D eigenvalue weighted by atomic mass is 32.2. The van der Waals surface area contributed by atoms with Crippen molar-refractivity contribution in [2.45, 2.75) is 24.7 Å². The topological polar surface area (TPSA) is 72.2 Å². The second-order valence-corrected chi connectivity index (χ2v) is 7.01. The molecule has 1 aromatic heterocycles. The number of fused-ring (bicyclic) bond motifs is 3. The van der Waals surface area contributed by atoms with E-state index in [-0.39, 0.29) is 5.91 Å². The summed E-state index contributed by atoms with van der Waals surface area (Å²) in [6.45, 7) is 1.43. The molecular formula is C16H16N2O2S2. The van der Waals surface area contributed by atoms with Crippen molar-refractivity contribution in [1.29, 1.82) is 0 Å². The third-order valence-electron chi connectivity index (χ3n) is 3.77. The average molecular weight is 332 g/mol. The summed E-state index contributed by atoms with van der Waals surface area (Å²) in [5, 5.41) is 3.31. The summed E-state index contributed by atoms with van der Waals surface area (Å²) in [5.74, 6) is -0.676. The summed E-state index contributed by atoms with van der Waals surface area (Å²) < 4.78 is 0. The third-order valence-corrected chi connectivity index (χ3v) is 5.77. The maximum Gasteiger partial charge on any atom is 0.252 e. The van der Waals surface area contributed by atoms with Gasteiger partial charge in [-0.25, -0.2) is 0 Å². The quantitative estimate of drug-likeness (QED) is 0.847. The number of thioether (sulfide) groups is 1. The molecule has 114 valence electrons. The highest BCUT2D eigenvalue weighted by Crippen LogP contribution is 2.46. The molecule has 0 bridgehead atoms. The van der Waals surface area contributed by atoms with E-state index in [2.05, 4.69) is 23.7 Å². The number of amides is 2. The zero-order valence-electron chi connectivity index (χ0n) is 12.4. The van der Waals surface area contributed by atoms with Gasteiger partial charge in [0, 0.05) is 16.7 Å². The number of nitrogens with one attached hydrogen (secondary N) is 1. The fourth-order valence-corrected chi connectivity index (χ4v) is 4.93. The van der Waals surface area contributed by atoms with Gasteiger partial charge in [-0.1, -0.05) is 12.1 Å². The molecule has 0 spiro atoms. The van der Waals surface area contributed by atoms with Crippen molar-refractivity contribution >= 4 is 39.9 Å². The number of primary amides is 1. The second-order valence-electron chi connectivity index (χ2n) is 5.15. The number of rotatable bonds is 3. The summed E-state index contributed by atoms with van der Waals surface area (Å²) in [6, 6.07) is 6.22. The number of carbonyl (C=O) groups is 2. The number of anilines is 1. The molecule has 2 amide bonds. The summed E-state index contributed by atoms with van der Waals surface area (Å²) in [7, 11) is 0. The van der Waals surface area contributed by atoms with Crippen molar-refractivity contribution in [2.75, 3.05) is 11.6 Å². The van der Waals surface area contributed by atoms with E-state index in [1.807, 2.05) is 6.07 Å². The molecule has 6 heteroatoms. The minimum Gasteiger partial charge on any atom is -0.365 e. The Kier molecular flexibility index (Phi) is 3.97. The van der Waals surface area contributed by atoms with Crippen molar-refractivity contribution in [2.24, 2.45) is 5.73 Å². The Balaban J connectivity index is 2.22. The Morgan fingerprint density at radius 2 is 2.00 bits per heavy atom. The predicted molar refractivity (Wildman–Crippen MR) is 91.8 cm³/mol. The van der Waals surface area contributed by atoms with E-state index >= 15 is 0 Å². The van der Waals surface area contributed by atoms with Crippen LogP contribution >= 0.6 is 23.1 Å². The van der Waals surface area contributed by atoms with E-state index in [4.69, 9.17) is 5.73 Å². The van der Waals surface area contributed by atoms with Crippen LogP contribution < -0.4 is 11.1 Å². The molecule has 1 heterocycles. The van der Waals surface area contributed by atoms with E-state index in [9.17, 15) is 9.59 Å². The SMILES string of the molecule is CSc1cccc2c1CCc1c-2sc(NC(C)=O)c1C(N)=O. The van der Waals surface area contributed by atoms with Crippen molar-refractivity contribution < 1.29 is 9.59 Å². The highest BCUT2D eigenvalue weighted by Gasteiger charge is 2.28. The molecule has 1 aromatic carbocycles.